The Kier molecular flexibility index (Phi) is 4.60. The van der Waals surface area contributed by atoms with E-state index >= 15 is 0 Å². The molecule has 0 saturated carbocycles. The summed E-state index contributed by atoms with van der Waals surface area (Å²) in [4.78, 5) is 16.0. The predicted molar refractivity (Wildman–Crippen MR) is 83.0 cm³/mol. The van der Waals surface area contributed by atoms with Crippen molar-refractivity contribution in [2.75, 3.05) is 5.32 Å². The van der Waals surface area contributed by atoms with E-state index in [1.54, 1.807) is 12.1 Å². The van der Waals surface area contributed by atoms with Gasteiger partial charge in [-0.3, -0.25) is 4.79 Å². The third-order valence-corrected chi connectivity index (χ3v) is 3.26. The molecule has 0 aliphatic rings. The van der Waals surface area contributed by atoms with Crippen LogP contribution >= 0.6 is 0 Å². The molecule has 7 heteroatoms. The Balaban J connectivity index is 1.56. The van der Waals surface area contributed by atoms with Crippen LogP contribution in [-0.2, 0) is 11.2 Å². The minimum atomic E-state index is -0.368. The van der Waals surface area contributed by atoms with Gasteiger partial charge in [-0.25, -0.2) is 8.78 Å². The maximum atomic E-state index is 12.9. The second-order valence-corrected chi connectivity index (χ2v) is 5.07. The van der Waals surface area contributed by atoms with Crippen molar-refractivity contribution in [3.05, 3.63) is 66.1 Å². The molecule has 0 spiro atoms. The first-order valence-corrected chi connectivity index (χ1v) is 7.24. The third kappa shape index (κ3) is 4.01. The van der Waals surface area contributed by atoms with Crippen molar-refractivity contribution >= 4 is 11.6 Å². The van der Waals surface area contributed by atoms with Gasteiger partial charge < -0.3 is 9.84 Å². The normalized spacial score (nSPS) is 10.6. The molecular weight excluding hydrogens is 316 g/mol. The highest BCUT2D eigenvalue weighted by Crippen LogP contribution is 2.17. The van der Waals surface area contributed by atoms with Crippen LogP contribution < -0.4 is 5.32 Å². The van der Waals surface area contributed by atoms with Gasteiger partial charge in [-0.2, -0.15) is 4.98 Å². The number of hydrogen-bond acceptors (Lipinski definition) is 4. The van der Waals surface area contributed by atoms with Gasteiger partial charge in [0.15, 0.2) is 0 Å². The second-order valence-electron chi connectivity index (χ2n) is 5.07. The summed E-state index contributed by atoms with van der Waals surface area (Å²) >= 11 is 0. The van der Waals surface area contributed by atoms with E-state index in [1.807, 2.05) is 0 Å². The smallest absolute Gasteiger partial charge is 0.227 e. The number of aryl methyl sites for hydroxylation is 1. The number of benzene rings is 2. The van der Waals surface area contributed by atoms with Gasteiger partial charge >= 0.3 is 0 Å². The van der Waals surface area contributed by atoms with Crippen molar-refractivity contribution < 1.29 is 18.1 Å². The average molecular weight is 329 g/mol. The molecule has 0 unspecified atom stereocenters. The third-order valence-electron chi connectivity index (χ3n) is 3.26. The molecule has 24 heavy (non-hydrogen) atoms. The fraction of sp³-hybridized carbons (Fsp3) is 0.118. The Morgan fingerprint density at radius 1 is 1.00 bits per heavy atom. The number of nitrogens with zero attached hydrogens (tertiary/aromatic N) is 2. The van der Waals surface area contributed by atoms with Crippen LogP contribution in [0.1, 0.15) is 12.3 Å². The van der Waals surface area contributed by atoms with Crippen LogP contribution in [0.3, 0.4) is 0 Å². The highest BCUT2D eigenvalue weighted by Gasteiger charge is 2.11. The largest absolute Gasteiger partial charge is 0.339 e. The lowest BCUT2D eigenvalue weighted by Crippen LogP contribution is -2.12. The summed E-state index contributed by atoms with van der Waals surface area (Å²) in [5, 5.41) is 6.45. The Morgan fingerprint density at radius 3 is 2.29 bits per heavy atom. The SMILES string of the molecule is O=C(CCc1nc(-c2ccc(F)cc2)no1)Nc1ccc(F)cc1. The average Bonchev–Trinajstić information content (AvgIpc) is 3.05. The molecule has 0 atom stereocenters. The number of carbonyl (C=O) groups is 1. The van der Waals surface area contributed by atoms with Gasteiger partial charge in [0.25, 0.3) is 0 Å². The van der Waals surface area contributed by atoms with Crippen LogP contribution in [0.2, 0.25) is 0 Å². The number of anilines is 1. The van der Waals surface area contributed by atoms with E-state index in [0.29, 0.717) is 23.0 Å². The molecule has 0 aliphatic carbocycles. The second kappa shape index (κ2) is 6.99. The Hall–Kier alpha value is -3.09. The molecule has 3 rings (SSSR count). The molecule has 0 aliphatic heterocycles. The number of rotatable bonds is 5. The van der Waals surface area contributed by atoms with Crippen molar-refractivity contribution in [1.82, 2.24) is 10.1 Å². The van der Waals surface area contributed by atoms with Crippen LogP contribution in [0.4, 0.5) is 14.5 Å². The van der Waals surface area contributed by atoms with E-state index in [1.165, 1.54) is 36.4 Å². The summed E-state index contributed by atoms with van der Waals surface area (Å²) in [7, 11) is 0. The minimum Gasteiger partial charge on any atom is -0.339 e. The van der Waals surface area contributed by atoms with Crippen LogP contribution in [0.25, 0.3) is 11.4 Å². The molecule has 3 aromatic rings. The van der Waals surface area contributed by atoms with Crippen molar-refractivity contribution in [2.45, 2.75) is 12.8 Å². The molecule has 0 bridgehead atoms. The number of carbonyl (C=O) groups excluding carboxylic acids is 1. The summed E-state index contributed by atoms with van der Waals surface area (Å²) in [6.07, 6.45) is 0.406. The first kappa shape index (κ1) is 15.8. The van der Waals surface area contributed by atoms with E-state index in [2.05, 4.69) is 15.5 Å². The Morgan fingerprint density at radius 2 is 1.62 bits per heavy atom. The maximum absolute atomic E-state index is 12.9. The van der Waals surface area contributed by atoms with Gasteiger partial charge in [0.1, 0.15) is 11.6 Å². The lowest BCUT2D eigenvalue weighted by Gasteiger charge is -2.03. The minimum absolute atomic E-state index is 0.141. The highest BCUT2D eigenvalue weighted by atomic mass is 19.1. The van der Waals surface area contributed by atoms with Crippen LogP contribution in [0.5, 0.6) is 0 Å². The number of nitrogens with one attached hydrogen (secondary N) is 1. The number of halogens is 2. The van der Waals surface area contributed by atoms with Gasteiger partial charge in [0.05, 0.1) is 0 Å². The fourth-order valence-corrected chi connectivity index (χ4v) is 2.05. The quantitative estimate of drug-likeness (QED) is 0.777. The topological polar surface area (TPSA) is 68.0 Å². The molecule has 1 heterocycles. The molecule has 122 valence electrons. The van der Waals surface area contributed by atoms with E-state index in [4.69, 9.17) is 4.52 Å². The van der Waals surface area contributed by atoms with Crippen LogP contribution in [0.15, 0.2) is 53.1 Å². The Labute approximate surface area is 136 Å². The summed E-state index contributed by atoms with van der Waals surface area (Å²) in [5.41, 5.74) is 1.14. The van der Waals surface area contributed by atoms with Crippen molar-refractivity contribution in [2.24, 2.45) is 0 Å². The van der Waals surface area contributed by atoms with E-state index in [9.17, 15) is 13.6 Å². The van der Waals surface area contributed by atoms with E-state index in [-0.39, 0.29) is 30.4 Å². The zero-order valence-corrected chi connectivity index (χ0v) is 12.5. The van der Waals surface area contributed by atoms with E-state index < -0.39 is 0 Å². The number of amides is 1. The van der Waals surface area contributed by atoms with Crippen LogP contribution in [-0.4, -0.2) is 16.0 Å². The van der Waals surface area contributed by atoms with Gasteiger partial charge in [0.2, 0.25) is 17.6 Å². The molecule has 1 amide bonds. The van der Waals surface area contributed by atoms with Crippen molar-refractivity contribution in [3.8, 4) is 11.4 Å². The first-order chi connectivity index (χ1) is 11.6. The van der Waals surface area contributed by atoms with Gasteiger partial charge in [-0.1, -0.05) is 5.16 Å². The van der Waals surface area contributed by atoms with Gasteiger partial charge in [0, 0.05) is 24.1 Å². The van der Waals surface area contributed by atoms with Gasteiger partial charge in [-0.15, -0.1) is 0 Å². The molecule has 0 fully saturated rings. The molecular formula is C17H13F2N3O2. The zero-order valence-electron chi connectivity index (χ0n) is 12.5. The monoisotopic (exact) mass is 329 g/mol. The zero-order chi connectivity index (χ0) is 16.9. The lowest BCUT2D eigenvalue weighted by atomic mass is 10.2. The van der Waals surface area contributed by atoms with Crippen LogP contribution in [0, 0.1) is 11.6 Å². The fourth-order valence-electron chi connectivity index (χ4n) is 2.05. The van der Waals surface area contributed by atoms with Crippen molar-refractivity contribution in [1.29, 1.82) is 0 Å². The molecule has 1 aromatic heterocycles. The molecule has 1 N–H and O–H groups in total. The molecule has 0 saturated heterocycles. The standard InChI is InChI=1S/C17H13F2N3O2/c18-12-3-1-11(2-4-12)17-21-16(24-22-17)10-9-15(23)20-14-7-5-13(19)6-8-14/h1-8H,9-10H2,(H,20,23). The summed E-state index contributed by atoms with van der Waals surface area (Å²) in [5.74, 6) is -0.317. The molecule has 0 radical (unpaired) electrons. The van der Waals surface area contributed by atoms with E-state index in [0.717, 1.165) is 0 Å². The summed E-state index contributed by atoms with van der Waals surface area (Å²) in [6.45, 7) is 0. The van der Waals surface area contributed by atoms with Crippen molar-refractivity contribution in [3.63, 3.8) is 0 Å². The number of aromatic nitrogens is 2. The number of hydrogen-bond donors (Lipinski definition) is 1. The highest BCUT2D eigenvalue weighted by molar-refractivity contribution is 5.90. The molecule has 2 aromatic carbocycles. The summed E-state index contributed by atoms with van der Waals surface area (Å²) in [6, 6.07) is 11.2. The Bertz CT molecular complexity index is 830. The molecule has 5 nitrogen and oxygen atoms in total. The maximum Gasteiger partial charge on any atom is 0.227 e. The predicted octanol–water partition coefficient (Wildman–Crippen LogP) is 3.59. The first-order valence-electron chi connectivity index (χ1n) is 7.24. The lowest BCUT2D eigenvalue weighted by molar-refractivity contribution is -0.116. The van der Waals surface area contributed by atoms with Gasteiger partial charge in [-0.05, 0) is 48.5 Å². The summed E-state index contributed by atoms with van der Waals surface area (Å²) < 4.78 is 30.8.